The van der Waals surface area contributed by atoms with Gasteiger partial charge in [0.05, 0.1) is 0 Å². The van der Waals surface area contributed by atoms with E-state index in [1.165, 1.54) is 0 Å². The van der Waals surface area contributed by atoms with Gasteiger partial charge in [-0.2, -0.15) is 0 Å². The lowest BCUT2D eigenvalue weighted by Gasteiger charge is -2.25. The Bertz CT molecular complexity index is 663. The Kier molecular flexibility index (Phi) is 3.94. The standard InChI is InChI=1S/C19H16ClN/c1-15-12-16(20)14-19(13-15)21(17-8-4-2-5-9-17)18-10-6-3-7-11-18/h2-14H,1H3. The molecule has 0 radical (unpaired) electrons. The lowest BCUT2D eigenvalue weighted by atomic mass is 10.1. The van der Waals surface area contributed by atoms with Crippen molar-refractivity contribution in [1.29, 1.82) is 0 Å². The molecule has 0 aliphatic carbocycles. The minimum absolute atomic E-state index is 0.752. The Balaban J connectivity index is 2.17. The van der Waals surface area contributed by atoms with Crippen LogP contribution in [0.2, 0.25) is 5.02 Å². The van der Waals surface area contributed by atoms with Gasteiger partial charge < -0.3 is 4.90 Å². The van der Waals surface area contributed by atoms with E-state index in [1.54, 1.807) is 0 Å². The SMILES string of the molecule is Cc1cc(Cl)cc(N(c2ccccc2)c2ccccc2)c1. The molecule has 0 heterocycles. The molecule has 0 fully saturated rings. The van der Waals surface area contributed by atoms with Crippen molar-refractivity contribution in [2.24, 2.45) is 0 Å². The van der Waals surface area contributed by atoms with E-state index in [0.717, 1.165) is 27.6 Å². The minimum atomic E-state index is 0.752. The first kappa shape index (κ1) is 13.7. The molecule has 0 saturated carbocycles. The highest BCUT2D eigenvalue weighted by Crippen LogP contribution is 2.35. The first-order chi connectivity index (χ1) is 10.2. The Morgan fingerprint density at radius 3 is 1.67 bits per heavy atom. The van der Waals surface area contributed by atoms with Gasteiger partial charge in [-0.3, -0.25) is 0 Å². The molecule has 0 aliphatic heterocycles. The van der Waals surface area contributed by atoms with Crippen LogP contribution in [0.25, 0.3) is 0 Å². The highest BCUT2D eigenvalue weighted by molar-refractivity contribution is 6.31. The van der Waals surface area contributed by atoms with Gasteiger partial charge in [-0.05, 0) is 55.0 Å². The van der Waals surface area contributed by atoms with Crippen LogP contribution in [-0.4, -0.2) is 0 Å². The van der Waals surface area contributed by atoms with Gasteiger partial charge in [0.25, 0.3) is 0 Å². The topological polar surface area (TPSA) is 3.24 Å². The molecule has 0 aromatic heterocycles. The van der Waals surface area contributed by atoms with Crippen LogP contribution in [0.15, 0.2) is 78.9 Å². The summed E-state index contributed by atoms with van der Waals surface area (Å²) >= 11 is 6.24. The summed E-state index contributed by atoms with van der Waals surface area (Å²) in [5, 5.41) is 0.752. The highest BCUT2D eigenvalue weighted by atomic mass is 35.5. The molecular formula is C19H16ClN. The van der Waals surface area contributed by atoms with Gasteiger partial charge in [0.1, 0.15) is 0 Å². The van der Waals surface area contributed by atoms with Crippen LogP contribution in [-0.2, 0) is 0 Å². The summed E-state index contributed by atoms with van der Waals surface area (Å²) in [7, 11) is 0. The molecule has 104 valence electrons. The average Bonchev–Trinajstić information content (AvgIpc) is 2.49. The predicted octanol–water partition coefficient (Wildman–Crippen LogP) is 6.12. The van der Waals surface area contributed by atoms with Gasteiger partial charge in [0, 0.05) is 22.1 Å². The Morgan fingerprint density at radius 2 is 1.19 bits per heavy atom. The van der Waals surface area contributed by atoms with Gasteiger partial charge in [0.15, 0.2) is 0 Å². The van der Waals surface area contributed by atoms with Gasteiger partial charge in [-0.15, -0.1) is 0 Å². The first-order valence-electron chi connectivity index (χ1n) is 6.91. The maximum atomic E-state index is 6.24. The van der Waals surface area contributed by atoms with Crippen molar-refractivity contribution >= 4 is 28.7 Å². The van der Waals surface area contributed by atoms with Gasteiger partial charge in [-0.25, -0.2) is 0 Å². The molecule has 3 rings (SSSR count). The van der Waals surface area contributed by atoms with Crippen LogP contribution in [0.5, 0.6) is 0 Å². The van der Waals surface area contributed by atoms with Crippen LogP contribution in [0.4, 0.5) is 17.1 Å². The number of anilines is 3. The summed E-state index contributed by atoms with van der Waals surface area (Å²) in [4.78, 5) is 2.21. The maximum Gasteiger partial charge on any atom is 0.0479 e. The van der Waals surface area contributed by atoms with Crippen LogP contribution in [0.3, 0.4) is 0 Å². The molecule has 3 aromatic rings. The number of benzene rings is 3. The molecule has 0 spiro atoms. The van der Waals surface area contributed by atoms with Gasteiger partial charge >= 0.3 is 0 Å². The lowest BCUT2D eigenvalue weighted by Crippen LogP contribution is -2.09. The molecule has 0 atom stereocenters. The normalized spacial score (nSPS) is 10.4. The zero-order valence-electron chi connectivity index (χ0n) is 11.8. The van der Waals surface area contributed by atoms with E-state index in [0.29, 0.717) is 0 Å². The molecular weight excluding hydrogens is 278 g/mol. The number of aryl methyl sites for hydroxylation is 1. The summed E-state index contributed by atoms with van der Waals surface area (Å²) in [6.45, 7) is 2.06. The fourth-order valence-electron chi connectivity index (χ4n) is 2.45. The molecule has 0 saturated heterocycles. The smallest absolute Gasteiger partial charge is 0.0479 e. The number of para-hydroxylation sites is 2. The van der Waals surface area contributed by atoms with E-state index in [4.69, 9.17) is 11.6 Å². The van der Waals surface area contributed by atoms with Crippen LogP contribution < -0.4 is 4.90 Å². The van der Waals surface area contributed by atoms with Crippen molar-refractivity contribution in [3.63, 3.8) is 0 Å². The van der Waals surface area contributed by atoms with E-state index in [-0.39, 0.29) is 0 Å². The summed E-state index contributed by atoms with van der Waals surface area (Å²) in [6, 6.07) is 26.7. The Morgan fingerprint density at radius 1 is 0.667 bits per heavy atom. The van der Waals surface area contributed by atoms with Gasteiger partial charge in [0.2, 0.25) is 0 Å². The highest BCUT2D eigenvalue weighted by Gasteiger charge is 2.12. The molecule has 0 N–H and O–H groups in total. The molecule has 0 bridgehead atoms. The van der Waals surface area contributed by atoms with E-state index < -0.39 is 0 Å². The first-order valence-corrected chi connectivity index (χ1v) is 7.29. The summed E-state index contributed by atoms with van der Waals surface area (Å²) in [6.07, 6.45) is 0. The number of hydrogen-bond acceptors (Lipinski definition) is 1. The quantitative estimate of drug-likeness (QED) is 0.562. The van der Waals surface area contributed by atoms with E-state index in [9.17, 15) is 0 Å². The second-order valence-corrected chi connectivity index (χ2v) is 5.43. The molecule has 1 nitrogen and oxygen atoms in total. The van der Waals surface area contributed by atoms with E-state index in [1.807, 2.05) is 48.5 Å². The fourth-order valence-corrected chi connectivity index (χ4v) is 2.73. The zero-order chi connectivity index (χ0) is 14.7. The third kappa shape index (κ3) is 3.09. The largest absolute Gasteiger partial charge is 0.310 e. The van der Waals surface area contributed by atoms with E-state index in [2.05, 4.69) is 42.2 Å². The van der Waals surface area contributed by atoms with Crippen LogP contribution in [0.1, 0.15) is 5.56 Å². The number of rotatable bonds is 3. The summed E-state index contributed by atoms with van der Waals surface area (Å²) in [5.41, 5.74) is 4.45. The minimum Gasteiger partial charge on any atom is -0.310 e. The Hall–Kier alpha value is -2.25. The second kappa shape index (κ2) is 6.02. The monoisotopic (exact) mass is 293 g/mol. The lowest BCUT2D eigenvalue weighted by molar-refractivity contribution is 1.27. The van der Waals surface area contributed by atoms with Gasteiger partial charge in [-0.1, -0.05) is 48.0 Å². The van der Waals surface area contributed by atoms with Crippen molar-refractivity contribution in [3.8, 4) is 0 Å². The molecule has 0 amide bonds. The van der Waals surface area contributed by atoms with Crippen LogP contribution >= 0.6 is 11.6 Å². The van der Waals surface area contributed by atoms with Crippen molar-refractivity contribution in [3.05, 3.63) is 89.4 Å². The molecule has 21 heavy (non-hydrogen) atoms. The van der Waals surface area contributed by atoms with Crippen LogP contribution in [0, 0.1) is 6.92 Å². The average molecular weight is 294 g/mol. The fraction of sp³-hybridized carbons (Fsp3) is 0.0526. The summed E-state index contributed by atoms with van der Waals surface area (Å²) in [5.74, 6) is 0. The van der Waals surface area contributed by atoms with Crippen molar-refractivity contribution < 1.29 is 0 Å². The van der Waals surface area contributed by atoms with Crippen molar-refractivity contribution in [1.82, 2.24) is 0 Å². The third-order valence-corrected chi connectivity index (χ3v) is 3.53. The maximum absolute atomic E-state index is 6.24. The molecule has 2 heteroatoms. The van der Waals surface area contributed by atoms with Crippen molar-refractivity contribution in [2.75, 3.05) is 4.90 Å². The molecule has 0 unspecified atom stereocenters. The van der Waals surface area contributed by atoms with Crippen molar-refractivity contribution in [2.45, 2.75) is 6.92 Å². The molecule has 3 aromatic carbocycles. The number of hydrogen-bond donors (Lipinski definition) is 0. The number of halogens is 1. The number of nitrogens with zero attached hydrogens (tertiary/aromatic N) is 1. The predicted molar refractivity (Wildman–Crippen MR) is 90.9 cm³/mol. The zero-order valence-corrected chi connectivity index (χ0v) is 12.6. The second-order valence-electron chi connectivity index (χ2n) is 4.99. The third-order valence-electron chi connectivity index (χ3n) is 3.31. The Labute approximate surface area is 130 Å². The van der Waals surface area contributed by atoms with E-state index >= 15 is 0 Å². The summed E-state index contributed by atoms with van der Waals surface area (Å²) < 4.78 is 0. The molecule has 0 aliphatic rings.